The van der Waals surface area contributed by atoms with Gasteiger partial charge in [0.05, 0.1) is 11.2 Å². The molecule has 0 amide bonds. The molecule has 100 valence electrons. The van der Waals surface area contributed by atoms with E-state index in [0.717, 1.165) is 24.2 Å². The van der Waals surface area contributed by atoms with Crippen molar-refractivity contribution in [3.63, 3.8) is 0 Å². The summed E-state index contributed by atoms with van der Waals surface area (Å²) in [5, 5.41) is 5.97. The van der Waals surface area contributed by atoms with Crippen molar-refractivity contribution in [1.82, 2.24) is 14.8 Å². The van der Waals surface area contributed by atoms with Crippen LogP contribution in [0.1, 0.15) is 19.5 Å². The van der Waals surface area contributed by atoms with E-state index >= 15 is 0 Å². The molecule has 1 aromatic carbocycles. The molecule has 0 atom stereocenters. The summed E-state index contributed by atoms with van der Waals surface area (Å²) in [7, 11) is 0. The molecular weight excluding hydrogens is 246 g/mol. The minimum atomic E-state index is 0.334. The second-order valence-corrected chi connectivity index (χ2v) is 6.40. The average Bonchev–Trinajstić information content (AvgIpc) is 2.91. The van der Waals surface area contributed by atoms with Crippen molar-refractivity contribution in [1.29, 1.82) is 0 Å². The van der Waals surface area contributed by atoms with Crippen molar-refractivity contribution in [3.05, 3.63) is 48.3 Å². The Kier molecular flexibility index (Phi) is 2.28. The highest BCUT2D eigenvalue weighted by Gasteiger charge is 2.30. The van der Waals surface area contributed by atoms with E-state index in [9.17, 15) is 0 Å². The highest BCUT2D eigenvalue weighted by molar-refractivity contribution is 5.93. The van der Waals surface area contributed by atoms with Gasteiger partial charge in [0, 0.05) is 29.4 Å². The Morgan fingerprint density at radius 3 is 2.85 bits per heavy atom. The van der Waals surface area contributed by atoms with E-state index in [4.69, 9.17) is 5.10 Å². The van der Waals surface area contributed by atoms with Gasteiger partial charge < -0.3 is 0 Å². The van der Waals surface area contributed by atoms with Crippen LogP contribution in [0.5, 0.6) is 0 Å². The molecule has 0 radical (unpaired) electrons. The summed E-state index contributed by atoms with van der Waals surface area (Å²) in [6.07, 6.45) is 2.97. The molecule has 0 saturated carbocycles. The van der Waals surface area contributed by atoms with Gasteiger partial charge in [-0.05, 0) is 30.0 Å². The summed E-state index contributed by atoms with van der Waals surface area (Å²) in [6, 6.07) is 12.5. The second-order valence-electron chi connectivity index (χ2n) is 6.40. The quantitative estimate of drug-likeness (QED) is 0.670. The van der Waals surface area contributed by atoms with Gasteiger partial charge in [-0.15, -0.1) is 0 Å². The van der Waals surface area contributed by atoms with Gasteiger partial charge in [0.1, 0.15) is 0 Å². The Labute approximate surface area is 118 Å². The van der Waals surface area contributed by atoms with E-state index < -0.39 is 0 Å². The fourth-order valence-electron chi connectivity index (χ4n) is 3.14. The largest absolute Gasteiger partial charge is 0.268 e. The Hall–Kier alpha value is -2.16. The van der Waals surface area contributed by atoms with Gasteiger partial charge in [0.25, 0.3) is 0 Å². The van der Waals surface area contributed by atoms with Crippen molar-refractivity contribution in [2.75, 3.05) is 0 Å². The number of benzene rings is 1. The van der Waals surface area contributed by atoms with E-state index in [-0.39, 0.29) is 0 Å². The number of hydrogen-bond acceptors (Lipinski definition) is 2. The Bertz CT molecular complexity index is 768. The van der Waals surface area contributed by atoms with Crippen LogP contribution in [0.4, 0.5) is 0 Å². The van der Waals surface area contributed by atoms with E-state index in [1.54, 1.807) is 0 Å². The second kappa shape index (κ2) is 3.92. The predicted octanol–water partition coefficient (Wildman–Crippen LogP) is 3.68. The lowest BCUT2D eigenvalue weighted by Crippen LogP contribution is -2.13. The molecule has 1 aliphatic heterocycles. The summed E-state index contributed by atoms with van der Waals surface area (Å²) in [6.45, 7) is 5.59. The molecule has 0 unspecified atom stereocenters. The first-order valence-electron chi connectivity index (χ1n) is 7.03. The standard InChI is InChI=1S/C17H17N3/c1-17(2)10-12-9-16(19-20(12)11-17)14-7-8-18-15-6-4-3-5-13(14)15/h3-9H,10-11H2,1-2H3. The minimum Gasteiger partial charge on any atom is -0.268 e. The van der Waals surface area contributed by atoms with Crippen molar-refractivity contribution >= 4 is 10.9 Å². The maximum absolute atomic E-state index is 4.80. The summed E-state index contributed by atoms with van der Waals surface area (Å²) < 4.78 is 2.16. The van der Waals surface area contributed by atoms with E-state index in [1.165, 1.54) is 16.6 Å². The fourth-order valence-corrected chi connectivity index (χ4v) is 3.14. The maximum Gasteiger partial charge on any atom is 0.0933 e. The van der Waals surface area contributed by atoms with Crippen molar-refractivity contribution in [2.45, 2.75) is 26.8 Å². The molecule has 0 bridgehead atoms. The number of nitrogens with zero attached hydrogens (tertiary/aromatic N) is 3. The molecule has 4 rings (SSSR count). The molecular formula is C17H17N3. The summed E-state index contributed by atoms with van der Waals surface area (Å²) in [4.78, 5) is 4.42. The molecule has 0 fully saturated rings. The third-order valence-corrected chi connectivity index (χ3v) is 4.03. The normalized spacial score (nSPS) is 16.5. The molecule has 0 aliphatic carbocycles. The van der Waals surface area contributed by atoms with Crippen LogP contribution < -0.4 is 0 Å². The molecule has 0 saturated heterocycles. The summed E-state index contributed by atoms with van der Waals surface area (Å²) >= 11 is 0. The Morgan fingerprint density at radius 2 is 2.00 bits per heavy atom. The maximum atomic E-state index is 4.80. The number of fused-ring (bicyclic) bond motifs is 2. The van der Waals surface area contributed by atoms with Crippen LogP contribution in [0.15, 0.2) is 42.6 Å². The van der Waals surface area contributed by atoms with Gasteiger partial charge in [0.2, 0.25) is 0 Å². The Morgan fingerprint density at radius 1 is 1.15 bits per heavy atom. The molecule has 20 heavy (non-hydrogen) atoms. The molecule has 2 aromatic heterocycles. The van der Waals surface area contributed by atoms with Crippen molar-refractivity contribution in [2.24, 2.45) is 5.41 Å². The van der Waals surface area contributed by atoms with Gasteiger partial charge in [0.15, 0.2) is 0 Å². The van der Waals surface area contributed by atoms with Gasteiger partial charge >= 0.3 is 0 Å². The van der Waals surface area contributed by atoms with Gasteiger partial charge in [-0.25, -0.2) is 0 Å². The van der Waals surface area contributed by atoms with Crippen molar-refractivity contribution in [3.8, 4) is 11.3 Å². The SMILES string of the molecule is CC1(C)Cc2cc(-c3ccnc4ccccc34)nn2C1. The first-order valence-corrected chi connectivity index (χ1v) is 7.03. The lowest BCUT2D eigenvalue weighted by Gasteiger charge is -2.14. The molecule has 1 aliphatic rings. The van der Waals surface area contributed by atoms with E-state index in [1.807, 2.05) is 18.3 Å². The van der Waals surface area contributed by atoms with Gasteiger partial charge in [-0.1, -0.05) is 32.0 Å². The van der Waals surface area contributed by atoms with Crippen LogP contribution in [0, 0.1) is 5.41 Å². The summed E-state index contributed by atoms with van der Waals surface area (Å²) in [5.41, 5.74) is 4.94. The lowest BCUT2D eigenvalue weighted by molar-refractivity contribution is 0.347. The van der Waals surface area contributed by atoms with Crippen LogP contribution >= 0.6 is 0 Å². The predicted molar refractivity (Wildman–Crippen MR) is 80.4 cm³/mol. The first-order chi connectivity index (χ1) is 9.62. The lowest BCUT2D eigenvalue weighted by atomic mass is 9.91. The van der Waals surface area contributed by atoms with E-state index in [2.05, 4.69) is 47.8 Å². The number of aromatic nitrogens is 3. The van der Waals surface area contributed by atoms with E-state index in [0.29, 0.717) is 5.41 Å². The van der Waals surface area contributed by atoms with Crippen LogP contribution in [-0.4, -0.2) is 14.8 Å². The van der Waals surface area contributed by atoms with Crippen molar-refractivity contribution < 1.29 is 0 Å². The molecule has 3 heteroatoms. The first kappa shape index (κ1) is 11.6. The molecule has 0 spiro atoms. The zero-order chi connectivity index (χ0) is 13.7. The van der Waals surface area contributed by atoms with Crippen LogP contribution in [-0.2, 0) is 13.0 Å². The van der Waals surface area contributed by atoms with Gasteiger partial charge in [-0.2, -0.15) is 5.10 Å². The highest BCUT2D eigenvalue weighted by atomic mass is 15.3. The molecule has 3 heterocycles. The van der Waals surface area contributed by atoms with Crippen LogP contribution in [0.3, 0.4) is 0 Å². The molecule has 3 aromatic rings. The highest BCUT2D eigenvalue weighted by Crippen LogP contribution is 2.34. The van der Waals surface area contributed by atoms with Crippen LogP contribution in [0.2, 0.25) is 0 Å². The molecule has 0 N–H and O–H groups in total. The zero-order valence-corrected chi connectivity index (χ0v) is 11.8. The smallest absolute Gasteiger partial charge is 0.0933 e. The minimum absolute atomic E-state index is 0.334. The van der Waals surface area contributed by atoms with Gasteiger partial charge in [-0.3, -0.25) is 9.67 Å². The van der Waals surface area contributed by atoms with Crippen LogP contribution in [0.25, 0.3) is 22.2 Å². The fraction of sp³-hybridized carbons (Fsp3) is 0.294. The average molecular weight is 263 g/mol. The number of hydrogen-bond donors (Lipinski definition) is 0. The number of para-hydroxylation sites is 1. The topological polar surface area (TPSA) is 30.7 Å². The third-order valence-electron chi connectivity index (χ3n) is 4.03. The number of pyridine rings is 1. The Balaban J connectivity index is 1.86. The summed E-state index contributed by atoms with van der Waals surface area (Å²) in [5.74, 6) is 0. The molecule has 3 nitrogen and oxygen atoms in total. The number of rotatable bonds is 1. The monoisotopic (exact) mass is 263 g/mol. The zero-order valence-electron chi connectivity index (χ0n) is 11.8. The third kappa shape index (κ3) is 1.73.